The molecule has 0 saturated heterocycles. The van der Waals surface area contributed by atoms with Gasteiger partial charge in [-0.2, -0.15) is 0 Å². The van der Waals surface area contributed by atoms with E-state index >= 15 is 0 Å². The Balaban J connectivity index is 1.38. The van der Waals surface area contributed by atoms with Crippen LogP contribution in [0.2, 0.25) is 0 Å². The number of amides is 1. The van der Waals surface area contributed by atoms with Crippen molar-refractivity contribution in [1.29, 1.82) is 0 Å². The van der Waals surface area contributed by atoms with Gasteiger partial charge in [-0.3, -0.25) is 9.59 Å². The smallest absolute Gasteiger partial charge is 0.291 e. The van der Waals surface area contributed by atoms with Gasteiger partial charge >= 0.3 is 0 Å². The molecule has 2 aliphatic carbocycles. The van der Waals surface area contributed by atoms with E-state index in [0.717, 1.165) is 17.5 Å². The molecule has 24 heavy (non-hydrogen) atoms. The van der Waals surface area contributed by atoms with Crippen LogP contribution in [0.5, 0.6) is 0 Å². The van der Waals surface area contributed by atoms with Gasteiger partial charge in [0.2, 0.25) is 5.65 Å². The zero-order valence-corrected chi connectivity index (χ0v) is 12.5. The zero-order chi connectivity index (χ0) is 16.4. The monoisotopic (exact) mass is 324 g/mol. The predicted octanol–water partition coefficient (Wildman–Crippen LogP) is 1.23. The van der Waals surface area contributed by atoms with Crippen molar-refractivity contribution < 1.29 is 9.18 Å². The number of nitrogens with zero attached hydrogens (tertiary/aromatic N) is 2. The second-order valence-corrected chi connectivity index (χ2v) is 6.38. The van der Waals surface area contributed by atoms with Crippen LogP contribution in [0.25, 0.3) is 5.65 Å². The third-order valence-corrected chi connectivity index (χ3v) is 5.00. The number of benzene rings is 1. The molecule has 0 bridgehead atoms. The van der Waals surface area contributed by atoms with E-state index in [9.17, 15) is 14.0 Å². The largest absolute Gasteiger partial charge is 0.347 e. The van der Waals surface area contributed by atoms with Crippen molar-refractivity contribution in [3.8, 4) is 0 Å². The molecule has 6 nitrogen and oxygen atoms in total. The third kappa shape index (κ3) is 1.84. The minimum Gasteiger partial charge on any atom is -0.347 e. The maximum atomic E-state index is 13.3. The Morgan fingerprint density at radius 1 is 1.42 bits per heavy atom. The lowest BCUT2D eigenvalue weighted by Gasteiger charge is -2.08. The van der Waals surface area contributed by atoms with E-state index in [4.69, 9.17) is 0 Å². The number of H-pyrrole nitrogens is 1. The van der Waals surface area contributed by atoms with Crippen molar-refractivity contribution in [3.63, 3.8) is 0 Å². The summed E-state index contributed by atoms with van der Waals surface area (Å²) in [5, 5.41) is 2.99. The Bertz CT molecular complexity index is 1050. The number of hydrogen-bond donors (Lipinski definition) is 2. The van der Waals surface area contributed by atoms with E-state index in [0.29, 0.717) is 5.92 Å². The summed E-state index contributed by atoms with van der Waals surface area (Å²) in [6.45, 7) is 0. The number of halogens is 1. The molecule has 5 rings (SSSR count). The molecule has 3 aromatic rings. The van der Waals surface area contributed by atoms with Crippen LogP contribution < -0.4 is 10.9 Å². The van der Waals surface area contributed by atoms with Gasteiger partial charge in [0, 0.05) is 30.6 Å². The lowest BCUT2D eigenvalue weighted by molar-refractivity contribution is 0.0943. The summed E-state index contributed by atoms with van der Waals surface area (Å²) in [5.41, 5.74) is 2.24. The number of fused-ring (bicyclic) bond motifs is 4. The first-order valence-corrected chi connectivity index (χ1v) is 7.77. The van der Waals surface area contributed by atoms with Crippen LogP contribution in [0.1, 0.15) is 27.5 Å². The van der Waals surface area contributed by atoms with Gasteiger partial charge in [0.15, 0.2) is 0 Å². The molecule has 2 heterocycles. The number of carbonyl (C=O) groups is 1. The quantitative estimate of drug-likeness (QED) is 0.744. The number of rotatable bonds is 2. The van der Waals surface area contributed by atoms with Gasteiger partial charge in [0.1, 0.15) is 11.5 Å². The van der Waals surface area contributed by atoms with Gasteiger partial charge < -0.3 is 14.7 Å². The SMILES string of the molecule is O=C(NC1C2Cc3cc(F)ccc3C21)c1cn2cc[nH]c(=O)c2n1. The minimum absolute atomic E-state index is 0.0542. The van der Waals surface area contributed by atoms with Crippen LogP contribution in [0.3, 0.4) is 0 Å². The summed E-state index contributed by atoms with van der Waals surface area (Å²) >= 11 is 0. The van der Waals surface area contributed by atoms with E-state index < -0.39 is 0 Å². The van der Waals surface area contributed by atoms with Crippen molar-refractivity contribution in [1.82, 2.24) is 19.7 Å². The van der Waals surface area contributed by atoms with E-state index in [1.807, 2.05) is 6.07 Å². The molecule has 0 aliphatic heterocycles. The number of imidazole rings is 1. The molecular weight excluding hydrogens is 311 g/mol. The van der Waals surface area contributed by atoms with E-state index in [2.05, 4.69) is 15.3 Å². The highest BCUT2D eigenvalue weighted by atomic mass is 19.1. The highest BCUT2D eigenvalue weighted by Crippen LogP contribution is 2.56. The van der Waals surface area contributed by atoms with Crippen molar-refractivity contribution >= 4 is 11.6 Å². The highest BCUT2D eigenvalue weighted by molar-refractivity contribution is 5.93. The van der Waals surface area contributed by atoms with E-state index in [1.165, 1.54) is 16.7 Å². The summed E-state index contributed by atoms with van der Waals surface area (Å²) in [6, 6.07) is 4.91. The van der Waals surface area contributed by atoms with Gasteiger partial charge in [0.05, 0.1) is 0 Å². The average molecular weight is 324 g/mol. The van der Waals surface area contributed by atoms with Gasteiger partial charge in [-0.05, 0) is 35.6 Å². The molecule has 3 atom stereocenters. The lowest BCUT2D eigenvalue weighted by atomic mass is 10.0. The standard InChI is InChI=1S/C17H13FN4O2/c18-9-1-2-10-8(5-9)6-11-13(10)14(11)21-16(23)12-7-22-4-3-19-17(24)15(22)20-12/h1-5,7,11,13-14H,6H2,(H,19,24)(H,21,23). The molecule has 1 fully saturated rings. The fraction of sp³-hybridized carbons (Fsp3) is 0.235. The molecule has 7 heteroatoms. The van der Waals surface area contributed by atoms with Crippen LogP contribution in [-0.2, 0) is 6.42 Å². The summed E-state index contributed by atoms with van der Waals surface area (Å²) < 4.78 is 14.8. The Morgan fingerprint density at radius 2 is 2.29 bits per heavy atom. The minimum atomic E-state index is -0.337. The third-order valence-electron chi connectivity index (χ3n) is 5.00. The maximum Gasteiger partial charge on any atom is 0.291 e. The van der Waals surface area contributed by atoms with Crippen molar-refractivity contribution in [2.45, 2.75) is 18.4 Å². The van der Waals surface area contributed by atoms with E-state index in [-0.39, 0.29) is 40.6 Å². The number of aromatic nitrogens is 3. The Kier molecular flexibility index (Phi) is 2.54. The highest BCUT2D eigenvalue weighted by Gasteiger charge is 2.56. The average Bonchev–Trinajstić information content (AvgIpc) is 2.94. The predicted molar refractivity (Wildman–Crippen MR) is 83.4 cm³/mol. The number of nitrogens with one attached hydrogen (secondary N) is 2. The summed E-state index contributed by atoms with van der Waals surface area (Å²) in [5.74, 6) is 0.0721. The first-order valence-electron chi connectivity index (χ1n) is 7.77. The Morgan fingerprint density at radius 3 is 3.12 bits per heavy atom. The van der Waals surface area contributed by atoms with Gasteiger partial charge in [-0.1, -0.05) is 6.07 Å². The second kappa shape index (κ2) is 4.53. The molecule has 3 unspecified atom stereocenters. The summed E-state index contributed by atoms with van der Waals surface area (Å²) in [7, 11) is 0. The molecule has 2 aliphatic rings. The fourth-order valence-corrected chi connectivity index (χ4v) is 3.85. The Labute approximate surface area is 135 Å². The molecule has 1 saturated carbocycles. The van der Waals surface area contributed by atoms with Gasteiger partial charge in [-0.25, -0.2) is 9.37 Å². The van der Waals surface area contributed by atoms with Crippen LogP contribution in [0.15, 0.2) is 41.6 Å². The molecule has 1 amide bonds. The molecule has 2 aromatic heterocycles. The topological polar surface area (TPSA) is 79.3 Å². The molecule has 0 radical (unpaired) electrons. The van der Waals surface area contributed by atoms with E-state index in [1.54, 1.807) is 18.5 Å². The molecule has 1 aromatic carbocycles. The van der Waals surface area contributed by atoms with Gasteiger partial charge in [0.25, 0.3) is 11.5 Å². The molecule has 120 valence electrons. The normalized spacial score (nSPS) is 23.8. The zero-order valence-electron chi connectivity index (χ0n) is 12.5. The molecule has 2 N–H and O–H groups in total. The number of hydrogen-bond acceptors (Lipinski definition) is 3. The van der Waals surface area contributed by atoms with Crippen LogP contribution >= 0.6 is 0 Å². The Hall–Kier alpha value is -2.96. The molecule has 0 spiro atoms. The second-order valence-electron chi connectivity index (χ2n) is 6.38. The fourth-order valence-electron chi connectivity index (χ4n) is 3.85. The first-order chi connectivity index (χ1) is 11.6. The van der Waals surface area contributed by atoms with Gasteiger partial charge in [-0.15, -0.1) is 0 Å². The lowest BCUT2D eigenvalue weighted by Crippen LogP contribution is -2.29. The summed E-state index contributed by atoms with van der Waals surface area (Å²) in [4.78, 5) is 30.7. The first kappa shape index (κ1) is 13.5. The van der Waals surface area contributed by atoms with Crippen LogP contribution in [0, 0.1) is 11.7 Å². The van der Waals surface area contributed by atoms with Crippen molar-refractivity contribution in [2.24, 2.45) is 5.92 Å². The molecular formula is C17H13FN4O2. The van der Waals surface area contributed by atoms with Crippen molar-refractivity contribution in [3.05, 3.63) is 69.8 Å². The van der Waals surface area contributed by atoms with Crippen LogP contribution in [-0.4, -0.2) is 26.3 Å². The number of carbonyl (C=O) groups excluding carboxylic acids is 1. The number of aromatic amines is 1. The maximum absolute atomic E-state index is 13.3. The van der Waals surface area contributed by atoms with Crippen LogP contribution in [0.4, 0.5) is 4.39 Å². The summed E-state index contributed by atoms with van der Waals surface area (Å²) in [6.07, 6.45) is 5.46. The van der Waals surface area contributed by atoms with Crippen molar-refractivity contribution in [2.75, 3.05) is 0 Å².